The first-order valence-corrected chi connectivity index (χ1v) is 10.8. The fourth-order valence-electron chi connectivity index (χ4n) is 3.75. The maximum absolute atomic E-state index is 12.7. The lowest BCUT2D eigenvalue weighted by molar-refractivity contribution is 0.640. The molecule has 0 aliphatic carbocycles. The van der Waals surface area contributed by atoms with Gasteiger partial charge in [0.25, 0.3) is 5.56 Å². The van der Waals surface area contributed by atoms with Crippen LogP contribution in [0, 0.1) is 0 Å². The molecule has 29 heavy (non-hydrogen) atoms. The van der Waals surface area contributed by atoms with E-state index in [0.717, 1.165) is 37.3 Å². The second kappa shape index (κ2) is 7.54. The minimum Gasteiger partial charge on any atom is -0.368 e. The number of hydrogen-bond acceptors (Lipinski definition) is 5. The highest BCUT2D eigenvalue weighted by atomic mass is 35.5. The van der Waals surface area contributed by atoms with Gasteiger partial charge in [-0.15, -0.1) is 11.3 Å². The van der Waals surface area contributed by atoms with Crippen LogP contribution in [0.1, 0.15) is 0 Å². The molecule has 0 radical (unpaired) electrons. The van der Waals surface area contributed by atoms with E-state index in [-0.39, 0.29) is 5.56 Å². The summed E-state index contributed by atoms with van der Waals surface area (Å²) in [6.07, 6.45) is 0. The Labute approximate surface area is 177 Å². The van der Waals surface area contributed by atoms with E-state index in [1.54, 1.807) is 0 Å². The van der Waals surface area contributed by atoms with Crippen LogP contribution in [0.5, 0.6) is 0 Å². The molecule has 0 bridgehead atoms. The Morgan fingerprint density at radius 3 is 2.34 bits per heavy atom. The van der Waals surface area contributed by atoms with Crippen LogP contribution < -0.4 is 15.4 Å². The lowest BCUT2D eigenvalue weighted by Crippen LogP contribution is -2.47. The number of H-pyrrole nitrogens is 1. The molecule has 5 rings (SSSR count). The first kappa shape index (κ1) is 18.2. The number of aromatic nitrogens is 2. The summed E-state index contributed by atoms with van der Waals surface area (Å²) in [5.41, 5.74) is 3.65. The van der Waals surface area contributed by atoms with Crippen LogP contribution >= 0.6 is 22.9 Å². The maximum atomic E-state index is 12.7. The maximum Gasteiger partial charge on any atom is 0.270 e. The summed E-state index contributed by atoms with van der Waals surface area (Å²) in [7, 11) is 0. The van der Waals surface area contributed by atoms with Gasteiger partial charge in [0.1, 0.15) is 4.70 Å². The molecule has 4 aromatic rings. The van der Waals surface area contributed by atoms with Crippen molar-refractivity contribution in [3.63, 3.8) is 0 Å². The molecule has 0 spiro atoms. The number of thiophene rings is 1. The molecule has 0 saturated carbocycles. The minimum absolute atomic E-state index is 0.0983. The van der Waals surface area contributed by atoms with E-state index in [1.807, 2.05) is 35.7 Å². The molecule has 3 heterocycles. The van der Waals surface area contributed by atoms with Crippen LogP contribution in [0.4, 0.5) is 11.6 Å². The van der Waals surface area contributed by atoms with Gasteiger partial charge < -0.3 is 9.80 Å². The first-order valence-electron chi connectivity index (χ1n) is 9.52. The number of aromatic amines is 1. The summed E-state index contributed by atoms with van der Waals surface area (Å²) in [6, 6.07) is 18.1. The molecule has 1 aliphatic rings. The van der Waals surface area contributed by atoms with Gasteiger partial charge in [-0.25, -0.2) is 4.98 Å². The van der Waals surface area contributed by atoms with Crippen molar-refractivity contribution in [2.45, 2.75) is 0 Å². The van der Waals surface area contributed by atoms with Gasteiger partial charge in [-0.3, -0.25) is 9.78 Å². The Bertz CT molecular complexity index is 1210. The van der Waals surface area contributed by atoms with Crippen molar-refractivity contribution < 1.29 is 0 Å². The monoisotopic (exact) mass is 422 g/mol. The van der Waals surface area contributed by atoms with Gasteiger partial charge in [-0.2, -0.15) is 0 Å². The number of halogens is 1. The van der Waals surface area contributed by atoms with E-state index in [9.17, 15) is 4.79 Å². The first-order chi connectivity index (χ1) is 14.2. The third kappa shape index (κ3) is 3.39. The predicted octanol–water partition coefficient (Wildman–Crippen LogP) is 4.63. The number of rotatable bonds is 3. The average molecular weight is 423 g/mol. The summed E-state index contributed by atoms with van der Waals surface area (Å²) in [6.45, 7) is 3.36. The SMILES string of the molecule is O=c1[nH]c(N2CCN(c3ccccc3)CC2)nc2c(-c3ccccc3Cl)csc12. The van der Waals surface area contributed by atoms with Gasteiger partial charge in [0.2, 0.25) is 5.95 Å². The van der Waals surface area contributed by atoms with Gasteiger partial charge in [0.15, 0.2) is 0 Å². The number of anilines is 2. The number of hydrogen-bond donors (Lipinski definition) is 1. The van der Waals surface area contributed by atoms with Crippen LogP contribution in [-0.2, 0) is 0 Å². The molecule has 2 aromatic heterocycles. The smallest absolute Gasteiger partial charge is 0.270 e. The molecule has 1 N–H and O–H groups in total. The molecule has 1 saturated heterocycles. The molecule has 2 aromatic carbocycles. The van der Waals surface area contributed by atoms with Gasteiger partial charge in [-0.1, -0.05) is 48.0 Å². The van der Waals surface area contributed by atoms with Gasteiger partial charge in [0.05, 0.1) is 5.52 Å². The number of benzene rings is 2. The zero-order valence-electron chi connectivity index (χ0n) is 15.6. The van der Waals surface area contributed by atoms with Crippen molar-refractivity contribution in [1.29, 1.82) is 0 Å². The Morgan fingerprint density at radius 2 is 1.59 bits per heavy atom. The van der Waals surface area contributed by atoms with Crippen LogP contribution in [0.2, 0.25) is 5.02 Å². The largest absolute Gasteiger partial charge is 0.368 e. The van der Waals surface area contributed by atoms with Crippen LogP contribution in [0.15, 0.2) is 64.8 Å². The molecule has 1 fully saturated rings. The fraction of sp³-hybridized carbons (Fsp3) is 0.182. The molecule has 0 unspecified atom stereocenters. The van der Waals surface area contributed by atoms with Crippen LogP contribution in [0.25, 0.3) is 21.3 Å². The normalized spacial score (nSPS) is 14.5. The van der Waals surface area contributed by atoms with E-state index in [0.29, 0.717) is 21.2 Å². The lowest BCUT2D eigenvalue weighted by Gasteiger charge is -2.36. The molecule has 7 heteroatoms. The van der Waals surface area contributed by atoms with Crippen LogP contribution in [-0.4, -0.2) is 36.1 Å². The van der Waals surface area contributed by atoms with Crippen molar-refractivity contribution >= 4 is 44.8 Å². The van der Waals surface area contributed by atoms with E-state index in [1.165, 1.54) is 17.0 Å². The molecule has 5 nitrogen and oxygen atoms in total. The Morgan fingerprint density at radius 1 is 0.897 bits per heavy atom. The van der Waals surface area contributed by atoms with E-state index in [2.05, 4.69) is 39.0 Å². The molecule has 1 aliphatic heterocycles. The Balaban J connectivity index is 1.47. The van der Waals surface area contributed by atoms with Gasteiger partial charge in [0, 0.05) is 53.4 Å². The van der Waals surface area contributed by atoms with E-state index >= 15 is 0 Å². The second-order valence-electron chi connectivity index (χ2n) is 7.01. The summed E-state index contributed by atoms with van der Waals surface area (Å²) in [5.74, 6) is 0.627. The zero-order valence-corrected chi connectivity index (χ0v) is 17.2. The molecular formula is C22H19ClN4OS. The number of nitrogens with one attached hydrogen (secondary N) is 1. The molecule has 0 atom stereocenters. The summed E-state index contributed by atoms with van der Waals surface area (Å²) in [4.78, 5) is 25.0. The molecule has 146 valence electrons. The molecule has 0 amide bonds. The van der Waals surface area contributed by atoms with Gasteiger partial charge in [-0.05, 0) is 18.2 Å². The zero-order chi connectivity index (χ0) is 19.8. The van der Waals surface area contributed by atoms with Crippen molar-refractivity contribution in [2.24, 2.45) is 0 Å². The number of nitrogens with zero attached hydrogens (tertiary/aromatic N) is 3. The quantitative estimate of drug-likeness (QED) is 0.523. The Hall–Kier alpha value is -2.83. The summed E-state index contributed by atoms with van der Waals surface area (Å²) in [5, 5.41) is 2.62. The van der Waals surface area contributed by atoms with Crippen molar-refractivity contribution in [3.8, 4) is 11.1 Å². The summed E-state index contributed by atoms with van der Waals surface area (Å²) < 4.78 is 0.631. The number of piperazine rings is 1. The third-order valence-electron chi connectivity index (χ3n) is 5.28. The van der Waals surface area contributed by atoms with Gasteiger partial charge >= 0.3 is 0 Å². The van der Waals surface area contributed by atoms with E-state index in [4.69, 9.17) is 16.6 Å². The highest BCUT2D eigenvalue weighted by Gasteiger charge is 2.21. The number of fused-ring (bicyclic) bond motifs is 1. The standard InChI is InChI=1S/C22H19ClN4OS/c23-18-9-5-4-8-16(18)17-14-29-20-19(17)24-22(25-21(20)28)27-12-10-26(11-13-27)15-6-2-1-3-7-15/h1-9,14H,10-13H2,(H,24,25,28). The lowest BCUT2D eigenvalue weighted by atomic mass is 10.1. The molecular weight excluding hydrogens is 404 g/mol. The van der Waals surface area contributed by atoms with Crippen LogP contribution in [0.3, 0.4) is 0 Å². The highest BCUT2D eigenvalue weighted by Crippen LogP contribution is 2.35. The van der Waals surface area contributed by atoms with Crippen molar-refractivity contribution in [1.82, 2.24) is 9.97 Å². The van der Waals surface area contributed by atoms with Crippen molar-refractivity contribution in [2.75, 3.05) is 36.0 Å². The van der Waals surface area contributed by atoms with Crippen molar-refractivity contribution in [3.05, 3.63) is 75.4 Å². The predicted molar refractivity (Wildman–Crippen MR) is 122 cm³/mol. The second-order valence-corrected chi connectivity index (χ2v) is 8.29. The minimum atomic E-state index is -0.0983. The third-order valence-corrected chi connectivity index (χ3v) is 6.58. The average Bonchev–Trinajstić information content (AvgIpc) is 3.19. The number of para-hydroxylation sites is 1. The topological polar surface area (TPSA) is 52.2 Å². The van der Waals surface area contributed by atoms with E-state index < -0.39 is 0 Å². The highest BCUT2D eigenvalue weighted by molar-refractivity contribution is 7.17. The fourth-order valence-corrected chi connectivity index (χ4v) is 4.89. The Kier molecular flexibility index (Phi) is 4.73. The summed E-state index contributed by atoms with van der Waals surface area (Å²) >= 11 is 7.80.